The smallest absolute Gasteiger partial charge is 0.344 e. The quantitative estimate of drug-likeness (QED) is 0.250. The highest BCUT2D eigenvalue weighted by atomic mass is 32.1. The summed E-state index contributed by atoms with van der Waals surface area (Å²) in [7, 11) is 1.52. The lowest BCUT2D eigenvalue weighted by atomic mass is 10.0. The van der Waals surface area contributed by atoms with Crippen LogP contribution in [-0.2, 0) is 4.79 Å². The molecule has 0 aliphatic carbocycles. The molecule has 0 saturated carbocycles. The zero-order valence-electron chi connectivity index (χ0n) is 17.7. The van der Waals surface area contributed by atoms with Gasteiger partial charge in [-0.15, -0.1) is 0 Å². The Kier molecular flexibility index (Phi) is 6.61. The van der Waals surface area contributed by atoms with Crippen LogP contribution in [0.15, 0.2) is 94.2 Å². The summed E-state index contributed by atoms with van der Waals surface area (Å²) in [5.74, 6) is 0.127. The van der Waals surface area contributed by atoms with Gasteiger partial charge in [0.15, 0.2) is 5.11 Å². The fraction of sp³-hybridized carbons (Fsp3) is 0.0385. The van der Waals surface area contributed by atoms with Crippen molar-refractivity contribution in [1.82, 2.24) is 5.32 Å². The third-order valence-electron chi connectivity index (χ3n) is 4.86. The highest BCUT2D eigenvalue weighted by molar-refractivity contribution is 7.80. The van der Waals surface area contributed by atoms with E-state index >= 15 is 0 Å². The minimum Gasteiger partial charge on any atom is -0.495 e. The number of benzene rings is 3. The maximum absolute atomic E-state index is 12.5. The van der Waals surface area contributed by atoms with Crippen molar-refractivity contribution in [3.63, 3.8) is 0 Å². The topological polar surface area (TPSA) is 80.6 Å². The van der Waals surface area contributed by atoms with E-state index in [1.165, 1.54) is 13.2 Å². The molecule has 0 atom stereocenters. The summed E-state index contributed by atoms with van der Waals surface area (Å²) >= 11 is 5.29. The van der Waals surface area contributed by atoms with Gasteiger partial charge < -0.3 is 14.5 Å². The van der Waals surface area contributed by atoms with Crippen LogP contribution >= 0.6 is 12.2 Å². The average molecular weight is 457 g/mol. The van der Waals surface area contributed by atoms with Crippen LogP contribution in [0.2, 0.25) is 0 Å². The number of anilines is 1. The molecule has 4 rings (SSSR count). The number of carbonyl (C=O) groups excluding carboxylic acids is 1. The first-order valence-corrected chi connectivity index (χ1v) is 10.5. The van der Waals surface area contributed by atoms with Crippen molar-refractivity contribution >= 4 is 46.0 Å². The lowest BCUT2D eigenvalue weighted by molar-refractivity contribution is -0.115. The maximum atomic E-state index is 12.5. The van der Waals surface area contributed by atoms with Crippen LogP contribution in [0.25, 0.3) is 28.2 Å². The maximum Gasteiger partial charge on any atom is 0.344 e. The van der Waals surface area contributed by atoms with E-state index in [1.54, 1.807) is 36.4 Å². The second-order valence-corrected chi connectivity index (χ2v) is 7.50. The minimum atomic E-state index is -0.452. The van der Waals surface area contributed by atoms with E-state index in [0.29, 0.717) is 28.1 Å². The fourth-order valence-corrected chi connectivity index (χ4v) is 3.49. The molecule has 4 aromatic rings. The van der Waals surface area contributed by atoms with E-state index in [0.717, 1.165) is 10.9 Å². The molecule has 0 spiro atoms. The first-order chi connectivity index (χ1) is 16.0. The molecule has 1 heterocycles. The van der Waals surface area contributed by atoms with Crippen LogP contribution in [0, 0.1) is 0 Å². The Morgan fingerprint density at radius 2 is 1.76 bits per heavy atom. The summed E-state index contributed by atoms with van der Waals surface area (Å²) in [6.07, 6.45) is 3.09. The largest absolute Gasteiger partial charge is 0.495 e. The molecule has 1 amide bonds. The highest BCUT2D eigenvalue weighted by Crippen LogP contribution is 2.30. The summed E-state index contributed by atoms with van der Waals surface area (Å²) in [4.78, 5) is 24.8. The second-order valence-electron chi connectivity index (χ2n) is 7.09. The zero-order chi connectivity index (χ0) is 23.2. The van der Waals surface area contributed by atoms with Gasteiger partial charge >= 0.3 is 5.63 Å². The summed E-state index contributed by atoms with van der Waals surface area (Å²) in [5.41, 5.74) is 2.49. The molecule has 7 heteroatoms. The Morgan fingerprint density at radius 1 is 1.00 bits per heavy atom. The van der Waals surface area contributed by atoms with Crippen molar-refractivity contribution in [3.05, 3.63) is 101 Å². The van der Waals surface area contributed by atoms with Gasteiger partial charge in [-0.3, -0.25) is 10.1 Å². The third kappa shape index (κ3) is 5.34. The molecule has 0 bridgehead atoms. The van der Waals surface area contributed by atoms with Gasteiger partial charge in [0.2, 0.25) is 5.91 Å². The van der Waals surface area contributed by atoms with Gasteiger partial charge in [0.05, 0.1) is 18.4 Å². The van der Waals surface area contributed by atoms with Gasteiger partial charge in [-0.25, -0.2) is 4.79 Å². The number of para-hydroxylation sites is 1. The molecule has 1 aromatic heterocycles. The molecule has 3 aromatic carbocycles. The number of methoxy groups -OCH3 is 1. The SMILES string of the molecule is COc1ccc(-c2cc3ccccc3oc2=O)cc1NC(=S)NC(=O)C=Cc1ccccc1. The minimum absolute atomic E-state index is 0.0960. The van der Waals surface area contributed by atoms with E-state index in [-0.39, 0.29) is 11.0 Å². The number of fused-ring (bicyclic) bond motifs is 1. The number of hydrogen-bond donors (Lipinski definition) is 2. The molecular weight excluding hydrogens is 436 g/mol. The number of amides is 1. The molecule has 6 nitrogen and oxygen atoms in total. The normalized spacial score (nSPS) is 10.8. The van der Waals surface area contributed by atoms with Gasteiger partial charge in [0.1, 0.15) is 11.3 Å². The molecule has 33 heavy (non-hydrogen) atoms. The summed E-state index contributed by atoms with van der Waals surface area (Å²) < 4.78 is 10.8. The van der Waals surface area contributed by atoms with Crippen molar-refractivity contribution in [2.24, 2.45) is 0 Å². The Bertz CT molecular complexity index is 1410. The highest BCUT2D eigenvalue weighted by Gasteiger charge is 2.12. The van der Waals surface area contributed by atoms with E-state index < -0.39 is 5.63 Å². The van der Waals surface area contributed by atoms with E-state index in [2.05, 4.69) is 10.6 Å². The van der Waals surface area contributed by atoms with Crippen LogP contribution in [0.1, 0.15) is 5.56 Å². The Labute approximate surface area is 195 Å². The first kappa shape index (κ1) is 22.0. The van der Waals surface area contributed by atoms with Gasteiger partial charge in [-0.2, -0.15) is 0 Å². The Balaban J connectivity index is 1.54. The molecule has 0 fully saturated rings. The number of thiocarbonyl (C=S) groups is 1. The monoisotopic (exact) mass is 456 g/mol. The van der Waals surface area contributed by atoms with Gasteiger partial charge in [0, 0.05) is 11.5 Å². The van der Waals surface area contributed by atoms with Gasteiger partial charge in [-0.05, 0) is 53.7 Å². The molecule has 164 valence electrons. The number of hydrogen-bond acceptors (Lipinski definition) is 5. The van der Waals surface area contributed by atoms with Crippen LogP contribution in [0.4, 0.5) is 5.69 Å². The first-order valence-electron chi connectivity index (χ1n) is 10.1. The molecule has 0 saturated heterocycles. The predicted octanol–water partition coefficient (Wildman–Crippen LogP) is 5.00. The van der Waals surface area contributed by atoms with Gasteiger partial charge in [0.25, 0.3) is 0 Å². The van der Waals surface area contributed by atoms with E-state index in [9.17, 15) is 9.59 Å². The number of rotatable bonds is 5. The lowest BCUT2D eigenvalue weighted by Crippen LogP contribution is -2.32. The van der Waals surface area contributed by atoms with Crippen molar-refractivity contribution in [2.45, 2.75) is 0 Å². The molecule has 2 N–H and O–H groups in total. The fourth-order valence-electron chi connectivity index (χ4n) is 3.28. The predicted molar refractivity (Wildman–Crippen MR) is 134 cm³/mol. The summed E-state index contributed by atoms with van der Waals surface area (Å²) in [5, 5.41) is 6.48. The number of ether oxygens (including phenoxy) is 1. The second kappa shape index (κ2) is 9.93. The van der Waals surface area contributed by atoms with E-state index in [1.807, 2.05) is 48.5 Å². The standard InChI is InChI=1S/C26H20N2O4S/c1-31-23-13-12-18(20-15-19-9-5-6-10-22(19)32-25(20)30)16-21(23)27-26(33)28-24(29)14-11-17-7-3-2-4-8-17/h2-16H,1H3,(H2,27,28,29,33). The lowest BCUT2D eigenvalue weighted by Gasteiger charge is -2.14. The van der Waals surface area contributed by atoms with Gasteiger partial charge in [-0.1, -0.05) is 54.6 Å². The number of carbonyl (C=O) groups is 1. The average Bonchev–Trinajstić information content (AvgIpc) is 2.83. The van der Waals surface area contributed by atoms with Crippen LogP contribution < -0.4 is 21.0 Å². The Morgan fingerprint density at radius 3 is 2.55 bits per heavy atom. The molecule has 0 aliphatic heterocycles. The molecule has 0 radical (unpaired) electrons. The van der Waals surface area contributed by atoms with Crippen molar-refractivity contribution < 1.29 is 13.9 Å². The van der Waals surface area contributed by atoms with Crippen molar-refractivity contribution in [3.8, 4) is 16.9 Å². The van der Waals surface area contributed by atoms with Crippen molar-refractivity contribution in [2.75, 3.05) is 12.4 Å². The summed E-state index contributed by atoms with van der Waals surface area (Å²) in [6, 6.07) is 23.7. The molecular formula is C26H20N2O4S. The zero-order valence-corrected chi connectivity index (χ0v) is 18.5. The Hall–Kier alpha value is -4.23. The van der Waals surface area contributed by atoms with E-state index in [4.69, 9.17) is 21.4 Å². The third-order valence-corrected chi connectivity index (χ3v) is 5.07. The van der Waals surface area contributed by atoms with Crippen LogP contribution in [0.3, 0.4) is 0 Å². The summed E-state index contributed by atoms with van der Waals surface area (Å²) in [6.45, 7) is 0. The van der Waals surface area contributed by atoms with Crippen LogP contribution in [-0.4, -0.2) is 18.1 Å². The molecule has 0 unspecified atom stereocenters. The number of nitrogens with one attached hydrogen (secondary N) is 2. The molecule has 0 aliphatic rings. The van der Waals surface area contributed by atoms with Crippen molar-refractivity contribution in [1.29, 1.82) is 0 Å². The van der Waals surface area contributed by atoms with Crippen LogP contribution in [0.5, 0.6) is 5.75 Å².